The Morgan fingerprint density at radius 3 is 2.75 bits per heavy atom. The third-order valence-corrected chi connectivity index (χ3v) is 2.30. The molecule has 4 heteroatoms. The normalized spacial score (nSPS) is 43.0. The van der Waals surface area contributed by atoms with Gasteiger partial charge < -0.3 is 19.7 Å². The molecule has 1 aliphatic rings. The number of methoxy groups -OCH3 is 1. The van der Waals surface area contributed by atoms with E-state index >= 15 is 0 Å². The lowest BCUT2D eigenvalue weighted by molar-refractivity contribution is -0.179. The van der Waals surface area contributed by atoms with Gasteiger partial charge in [-0.15, -0.1) is 0 Å². The monoisotopic (exact) mass is 176 g/mol. The Hall–Kier alpha value is -0.160. The van der Waals surface area contributed by atoms with E-state index < -0.39 is 12.2 Å². The van der Waals surface area contributed by atoms with Crippen molar-refractivity contribution in [3.8, 4) is 0 Å². The van der Waals surface area contributed by atoms with Crippen molar-refractivity contribution in [2.45, 2.75) is 25.2 Å². The molecule has 4 unspecified atom stereocenters. The van der Waals surface area contributed by atoms with Crippen molar-refractivity contribution in [1.82, 2.24) is 0 Å². The molecule has 2 N–H and O–H groups in total. The Labute approximate surface area is 72.1 Å². The van der Waals surface area contributed by atoms with Gasteiger partial charge in [-0.2, -0.15) is 0 Å². The molecule has 1 fully saturated rings. The highest BCUT2D eigenvalue weighted by molar-refractivity contribution is 4.85. The number of rotatable bonds is 2. The zero-order chi connectivity index (χ0) is 9.14. The van der Waals surface area contributed by atoms with Gasteiger partial charge in [-0.1, -0.05) is 6.92 Å². The van der Waals surface area contributed by atoms with Gasteiger partial charge in [0.05, 0.1) is 19.3 Å². The van der Waals surface area contributed by atoms with E-state index in [1.54, 1.807) is 7.11 Å². The van der Waals surface area contributed by atoms with Gasteiger partial charge in [0.15, 0.2) is 0 Å². The van der Waals surface area contributed by atoms with Crippen LogP contribution in [0.25, 0.3) is 0 Å². The quantitative estimate of drug-likeness (QED) is 0.589. The van der Waals surface area contributed by atoms with Gasteiger partial charge in [0.2, 0.25) is 0 Å². The SMILES string of the molecule is COC1C(C)COC(CO)C1O. The zero-order valence-electron chi connectivity index (χ0n) is 7.43. The van der Waals surface area contributed by atoms with Gasteiger partial charge in [-0.3, -0.25) is 0 Å². The Morgan fingerprint density at radius 2 is 2.25 bits per heavy atom. The summed E-state index contributed by atoms with van der Waals surface area (Å²) in [6.45, 7) is 2.32. The maximum absolute atomic E-state index is 9.59. The molecule has 0 aromatic rings. The number of aliphatic hydroxyl groups excluding tert-OH is 2. The molecule has 72 valence electrons. The predicted octanol–water partition coefficient (Wildman–Crippen LogP) is -0.611. The molecular formula is C8H16O4. The molecule has 0 spiro atoms. The second-order valence-electron chi connectivity index (χ2n) is 3.22. The fourth-order valence-electron chi connectivity index (χ4n) is 1.55. The van der Waals surface area contributed by atoms with Crippen LogP contribution in [0.4, 0.5) is 0 Å². The minimum Gasteiger partial charge on any atom is -0.394 e. The summed E-state index contributed by atoms with van der Waals surface area (Å²) in [7, 11) is 1.56. The molecule has 0 radical (unpaired) electrons. The first-order valence-electron chi connectivity index (χ1n) is 4.14. The van der Waals surface area contributed by atoms with Crippen molar-refractivity contribution < 1.29 is 19.7 Å². The maximum Gasteiger partial charge on any atom is 0.109 e. The van der Waals surface area contributed by atoms with Crippen molar-refractivity contribution in [1.29, 1.82) is 0 Å². The second kappa shape index (κ2) is 4.18. The molecule has 4 atom stereocenters. The van der Waals surface area contributed by atoms with Crippen LogP contribution in [-0.4, -0.2) is 48.8 Å². The molecule has 0 saturated carbocycles. The highest BCUT2D eigenvalue weighted by Crippen LogP contribution is 2.21. The van der Waals surface area contributed by atoms with Crippen molar-refractivity contribution in [2.24, 2.45) is 5.92 Å². The zero-order valence-corrected chi connectivity index (χ0v) is 7.43. The van der Waals surface area contributed by atoms with E-state index in [-0.39, 0.29) is 18.6 Å². The van der Waals surface area contributed by atoms with Crippen molar-refractivity contribution in [3.05, 3.63) is 0 Å². The molecule has 12 heavy (non-hydrogen) atoms. The largest absolute Gasteiger partial charge is 0.394 e. The average molecular weight is 176 g/mol. The molecule has 0 amide bonds. The molecule has 1 aliphatic heterocycles. The molecular weight excluding hydrogens is 160 g/mol. The molecule has 0 aromatic carbocycles. The lowest BCUT2D eigenvalue weighted by Gasteiger charge is -2.37. The van der Waals surface area contributed by atoms with Crippen molar-refractivity contribution >= 4 is 0 Å². The molecule has 1 heterocycles. The summed E-state index contributed by atoms with van der Waals surface area (Å²) in [4.78, 5) is 0. The van der Waals surface area contributed by atoms with E-state index in [4.69, 9.17) is 14.6 Å². The summed E-state index contributed by atoms with van der Waals surface area (Å²) in [5.41, 5.74) is 0. The van der Waals surface area contributed by atoms with Gasteiger partial charge >= 0.3 is 0 Å². The topological polar surface area (TPSA) is 58.9 Å². The first-order valence-corrected chi connectivity index (χ1v) is 4.14. The molecule has 1 rings (SSSR count). The Kier molecular flexibility index (Phi) is 3.46. The van der Waals surface area contributed by atoms with E-state index in [9.17, 15) is 5.11 Å². The van der Waals surface area contributed by atoms with Crippen molar-refractivity contribution in [2.75, 3.05) is 20.3 Å². The summed E-state index contributed by atoms with van der Waals surface area (Å²) in [5.74, 6) is 0.174. The highest BCUT2D eigenvalue weighted by Gasteiger charge is 2.36. The fraction of sp³-hybridized carbons (Fsp3) is 1.00. The molecule has 0 aromatic heterocycles. The van der Waals surface area contributed by atoms with Gasteiger partial charge in [-0.25, -0.2) is 0 Å². The Bertz CT molecular complexity index is 139. The van der Waals surface area contributed by atoms with E-state index in [1.807, 2.05) is 6.92 Å². The first kappa shape index (κ1) is 9.92. The van der Waals surface area contributed by atoms with Gasteiger partial charge in [0.1, 0.15) is 12.2 Å². The summed E-state index contributed by atoms with van der Waals surface area (Å²) >= 11 is 0. The van der Waals surface area contributed by atoms with E-state index in [2.05, 4.69) is 0 Å². The Morgan fingerprint density at radius 1 is 1.58 bits per heavy atom. The van der Waals surface area contributed by atoms with Gasteiger partial charge in [0.25, 0.3) is 0 Å². The van der Waals surface area contributed by atoms with E-state index in [0.29, 0.717) is 6.61 Å². The summed E-state index contributed by atoms with van der Waals surface area (Å²) in [5, 5.41) is 18.4. The second-order valence-corrected chi connectivity index (χ2v) is 3.22. The standard InChI is InChI=1S/C8H16O4/c1-5-4-12-6(3-9)7(10)8(5)11-2/h5-10H,3-4H2,1-2H3. The molecule has 0 bridgehead atoms. The van der Waals surface area contributed by atoms with Crippen LogP contribution >= 0.6 is 0 Å². The number of aliphatic hydroxyl groups is 2. The van der Waals surface area contributed by atoms with E-state index in [1.165, 1.54) is 0 Å². The third-order valence-electron chi connectivity index (χ3n) is 2.30. The average Bonchev–Trinajstić information content (AvgIpc) is 2.06. The number of ether oxygens (including phenoxy) is 2. The smallest absolute Gasteiger partial charge is 0.109 e. The number of hydrogen-bond donors (Lipinski definition) is 2. The Balaban J connectivity index is 2.56. The lowest BCUT2D eigenvalue weighted by Crippen LogP contribution is -2.51. The fourth-order valence-corrected chi connectivity index (χ4v) is 1.55. The van der Waals surface area contributed by atoms with Crippen LogP contribution in [0.5, 0.6) is 0 Å². The predicted molar refractivity (Wildman–Crippen MR) is 42.8 cm³/mol. The van der Waals surface area contributed by atoms with Crippen LogP contribution in [0, 0.1) is 5.92 Å². The maximum atomic E-state index is 9.59. The highest BCUT2D eigenvalue weighted by atomic mass is 16.5. The molecule has 4 nitrogen and oxygen atoms in total. The van der Waals surface area contributed by atoms with Crippen LogP contribution < -0.4 is 0 Å². The van der Waals surface area contributed by atoms with Crippen LogP contribution in [0.1, 0.15) is 6.92 Å². The minimum atomic E-state index is -0.719. The van der Waals surface area contributed by atoms with Crippen LogP contribution in [-0.2, 0) is 9.47 Å². The van der Waals surface area contributed by atoms with E-state index in [0.717, 1.165) is 0 Å². The van der Waals surface area contributed by atoms with Gasteiger partial charge in [-0.05, 0) is 0 Å². The first-order chi connectivity index (χ1) is 5.70. The lowest BCUT2D eigenvalue weighted by atomic mass is 9.94. The third kappa shape index (κ3) is 1.77. The molecule has 1 saturated heterocycles. The summed E-state index contributed by atoms with van der Waals surface area (Å²) in [6.07, 6.45) is -1.44. The minimum absolute atomic E-state index is 0.159. The number of hydrogen-bond acceptors (Lipinski definition) is 4. The van der Waals surface area contributed by atoms with Crippen molar-refractivity contribution in [3.63, 3.8) is 0 Å². The van der Waals surface area contributed by atoms with Crippen LogP contribution in [0.15, 0.2) is 0 Å². The van der Waals surface area contributed by atoms with Gasteiger partial charge in [0, 0.05) is 13.0 Å². The van der Waals surface area contributed by atoms with Crippen LogP contribution in [0.2, 0.25) is 0 Å². The molecule has 0 aliphatic carbocycles. The summed E-state index contributed by atoms with van der Waals surface area (Å²) in [6, 6.07) is 0. The summed E-state index contributed by atoms with van der Waals surface area (Å²) < 4.78 is 10.3. The van der Waals surface area contributed by atoms with Crippen LogP contribution in [0.3, 0.4) is 0 Å².